The van der Waals surface area contributed by atoms with Crippen molar-refractivity contribution in [2.75, 3.05) is 20.3 Å². The normalized spacial score (nSPS) is 21.7. The molecule has 1 aromatic heterocycles. The zero-order chi connectivity index (χ0) is 15.7. The van der Waals surface area contributed by atoms with Crippen molar-refractivity contribution in [3.8, 4) is 0 Å². The van der Waals surface area contributed by atoms with E-state index < -0.39 is 0 Å². The van der Waals surface area contributed by atoms with Gasteiger partial charge < -0.3 is 19.2 Å². The van der Waals surface area contributed by atoms with Crippen LogP contribution in [0.2, 0.25) is 0 Å². The summed E-state index contributed by atoms with van der Waals surface area (Å²) in [5.41, 5.74) is 1.73. The van der Waals surface area contributed by atoms with E-state index in [1.165, 1.54) is 0 Å². The van der Waals surface area contributed by atoms with Gasteiger partial charge in [0, 0.05) is 24.6 Å². The highest BCUT2D eigenvalue weighted by Crippen LogP contribution is 2.27. The van der Waals surface area contributed by atoms with Gasteiger partial charge in [0.05, 0.1) is 25.2 Å². The molecule has 1 saturated heterocycles. The predicted molar refractivity (Wildman–Crippen MR) is 82.7 cm³/mol. The molecule has 1 fully saturated rings. The van der Waals surface area contributed by atoms with Crippen LogP contribution in [0.1, 0.15) is 17.7 Å². The number of aliphatic hydroxyl groups is 1. The van der Waals surface area contributed by atoms with Crippen molar-refractivity contribution in [3.05, 3.63) is 35.6 Å². The fourth-order valence-corrected chi connectivity index (χ4v) is 3.22. The van der Waals surface area contributed by atoms with Crippen LogP contribution in [0.5, 0.6) is 0 Å². The molecule has 1 aromatic carbocycles. The van der Waals surface area contributed by atoms with Crippen LogP contribution >= 0.6 is 0 Å². The number of rotatable bonds is 4. The van der Waals surface area contributed by atoms with E-state index in [9.17, 15) is 9.90 Å². The first kappa shape index (κ1) is 15.1. The quantitative estimate of drug-likeness (QED) is 0.937. The molecular formula is C17H21NO4. The summed E-state index contributed by atoms with van der Waals surface area (Å²) in [5.74, 6) is 0.783. The van der Waals surface area contributed by atoms with Gasteiger partial charge in [-0.1, -0.05) is 18.2 Å². The lowest BCUT2D eigenvalue weighted by Gasteiger charge is -2.22. The predicted octanol–water partition coefficient (Wildman–Crippen LogP) is 1.89. The molecule has 1 amide bonds. The topological polar surface area (TPSA) is 62.9 Å². The molecule has 0 spiro atoms. The van der Waals surface area contributed by atoms with Gasteiger partial charge in [0.2, 0.25) is 5.91 Å². The van der Waals surface area contributed by atoms with Crippen LogP contribution in [0.3, 0.4) is 0 Å². The molecule has 0 saturated carbocycles. The number of carbonyl (C=O) groups excluding carboxylic acids is 1. The highest BCUT2D eigenvalue weighted by atomic mass is 16.5. The van der Waals surface area contributed by atoms with Gasteiger partial charge in [0.1, 0.15) is 11.3 Å². The molecule has 22 heavy (non-hydrogen) atoms. The minimum Gasteiger partial charge on any atom is -0.461 e. The van der Waals surface area contributed by atoms with E-state index in [0.29, 0.717) is 13.0 Å². The number of hydrogen-bond acceptors (Lipinski definition) is 4. The van der Waals surface area contributed by atoms with Crippen LogP contribution in [0.25, 0.3) is 11.0 Å². The Bertz CT molecular complexity index is 678. The van der Waals surface area contributed by atoms with Crippen molar-refractivity contribution in [3.63, 3.8) is 0 Å². The van der Waals surface area contributed by atoms with Gasteiger partial charge in [-0.15, -0.1) is 0 Å². The van der Waals surface area contributed by atoms with Crippen LogP contribution in [0.15, 0.2) is 28.7 Å². The number of benzene rings is 1. The SMILES string of the molecule is CO[C@H]1C[C@@H](CO)N(C(=O)Cc2c(C)oc3ccccc23)C1. The Kier molecular flexibility index (Phi) is 4.18. The number of methoxy groups -OCH3 is 1. The molecule has 1 N–H and O–H groups in total. The molecule has 0 bridgehead atoms. The molecule has 0 radical (unpaired) electrons. The minimum absolute atomic E-state index is 0.00305. The third-order valence-corrected chi connectivity index (χ3v) is 4.47. The number of para-hydroxylation sites is 1. The van der Waals surface area contributed by atoms with Crippen LogP contribution in [0.4, 0.5) is 0 Å². The number of ether oxygens (including phenoxy) is 1. The molecule has 118 valence electrons. The number of fused-ring (bicyclic) bond motifs is 1. The molecule has 5 heteroatoms. The van der Waals surface area contributed by atoms with Gasteiger partial charge >= 0.3 is 0 Å². The van der Waals surface area contributed by atoms with Crippen molar-refractivity contribution in [1.82, 2.24) is 4.90 Å². The van der Waals surface area contributed by atoms with Crippen LogP contribution in [-0.4, -0.2) is 48.3 Å². The largest absolute Gasteiger partial charge is 0.461 e. The molecule has 0 aliphatic carbocycles. The van der Waals surface area contributed by atoms with Crippen LogP contribution in [-0.2, 0) is 16.0 Å². The number of furan rings is 1. The fraction of sp³-hybridized carbons (Fsp3) is 0.471. The van der Waals surface area contributed by atoms with E-state index in [1.807, 2.05) is 31.2 Å². The van der Waals surface area contributed by atoms with Gasteiger partial charge in [-0.2, -0.15) is 0 Å². The average molecular weight is 303 g/mol. The van der Waals surface area contributed by atoms with Gasteiger partial charge in [-0.25, -0.2) is 0 Å². The smallest absolute Gasteiger partial charge is 0.227 e. The summed E-state index contributed by atoms with van der Waals surface area (Å²) in [6.07, 6.45) is 0.975. The van der Waals surface area contributed by atoms with Crippen LogP contribution in [0, 0.1) is 6.92 Å². The Morgan fingerprint density at radius 3 is 2.95 bits per heavy atom. The lowest BCUT2D eigenvalue weighted by atomic mass is 10.1. The minimum atomic E-state index is -0.157. The summed E-state index contributed by atoms with van der Waals surface area (Å²) in [5, 5.41) is 10.5. The van der Waals surface area contributed by atoms with E-state index in [1.54, 1.807) is 12.0 Å². The number of aryl methyl sites for hydroxylation is 1. The zero-order valence-electron chi connectivity index (χ0n) is 12.9. The van der Waals surface area contributed by atoms with E-state index in [2.05, 4.69) is 0 Å². The Balaban J connectivity index is 1.82. The van der Waals surface area contributed by atoms with Crippen LogP contribution < -0.4 is 0 Å². The number of nitrogens with zero attached hydrogens (tertiary/aromatic N) is 1. The first-order valence-electron chi connectivity index (χ1n) is 7.54. The Morgan fingerprint density at radius 1 is 1.45 bits per heavy atom. The van der Waals surface area contributed by atoms with E-state index >= 15 is 0 Å². The Labute approximate surface area is 129 Å². The maximum absolute atomic E-state index is 12.7. The number of carbonyl (C=O) groups is 1. The summed E-state index contributed by atoms with van der Waals surface area (Å²) >= 11 is 0. The lowest BCUT2D eigenvalue weighted by molar-refractivity contribution is -0.132. The number of amides is 1. The Hall–Kier alpha value is -1.85. The molecule has 3 rings (SSSR count). The van der Waals surface area contributed by atoms with Crippen molar-refractivity contribution >= 4 is 16.9 Å². The van der Waals surface area contributed by atoms with Gasteiger partial charge in [-0.05, 0) is 19.4 Å². The first-order chi connectivity index (χ1) is 10.6. The Morgan fingerprint density at radius 2 is 2.23 bits per heavy atom. The number of hydrogen-bond donors (Lipinski definition) is 1. The molecule has 5 nitrogen and oxygen atoms in total. The maximum atomic E-state index is 12.7. The van der Waals surface area contributed by atoms with E-state index in [4.69, 9.17) is 9.15 Å². The van der Waals surface area contributed by atoms with E-state index in [0.717, 1.165) is 22.3 Å². The summed E-state index contributed by atoms with van der Waals surface area (Å²) in [6.45, 7) is 2.39. The van der Waals surface area contributed by atoms with Crippen molar-refractivity contribution in [1.29, 1.82) is 0 Å². The number of likely N-dealkylation sites (tertiary alicyclic amines) is 1. The molecule has 2 aromatic rings. The maximum Gasteiger partial charge on any atom is 0.227 e. The second-order valence-corrected chi connectivity index (χ2v) is 5.79. The second-order valence-electron chi connectivity index (χ2n) is 5.79. The molecule has 1 aliphatic rings. The third kappa shape index (κ3) is 2.62. The molecule has 0 unspecified atom stereocenters. The van der Waals surface area contributed by atoms with Gasteiger partial charge in [-0.3, -0.25) is 4.79 Å². The monoisotopic (exact) mass is 303 g/mol. The summed E-state index contributed by atoms with van der Waals surface area (Å²) < 4.78 is 11.0. The lowest BCUT2D eigenvalue weighted by Crippen LogP contribution is -2.39. The van der Waals surface area contributed by atoms with Crippen molar-refractivity contribution in [2.24, 2.45) is 0 Å². The third-order valence-electron chi connectivity index (χ3n) is 4.47. The summed E-state index contributed by atoms with van der Waals surface area (Å²) in [7, 11) is 1.64. The highest BCUT2D eigenvalue weighted by molar-refractivity contribution is 5.88. The zero-order valence-corrected chi connectivity index (χ0v) is 12.9. The van der Waals surface area contributed by atoms with Gasteiger partial charge in [0.25, 0.3) is 0 Å². The van der Waals surface area contributed by atoms with E-state index in [-0.39, 0.29) is 31.1 Å². The number of aliphatic hydroxyl groups excluding tert-OH is 1. The van der Waals surface area contributed by atoms with Crippen molar-refractivity contribution < 1.29 is 19.1 Å². The summed E-state index contributed by atoms with van der Waals surface area (Å²) in [4.78, 5) is 14.4. The first-order valence-corrected chi connectivity index (χ1v) is 7.54. The highest BCUT2D eigenvalue weighted by Gasteiger charge is 2.35. The molecular weight excluding hydrogens is 282 g/mol. The molecule has 1 aliphatic heterocycles. The molecule has 2 atom stereocenters. The van der Waals surface area contributed by atoms with Gasteiger partial charge in [0.15, 0.2) is 0 Å². The fourth-order valence-electron chi connectivity index (χ4n) is 3.22. The van der Waals surface area contributed by atoms with Crippen molar-refractivity contribution in [2.45, 2.75) is 31.9 Å². The molecule has 2 heterocycles. The standard InChI is InChI=1S/C17H21NO4/c1-11-15(14-5-3-4-6-16(14)22-11)8-17(20)18-9-13(21-2)7-12(18)10-19/h3-6,12-13,19H,7-10H2,1-2H3/t12-,13-/m0/s1. The summed E-state index contributed by atoms with van der Waals surface area (Å²) in [6, 6.07) is 7.58. The second kappa shape index (κ2) is 6.10. The average Bonchev–Trinajstić information content (AvgIpc) is 3.09.